The molecule has 1 aromatic carbocycles. The van der Waals surface area contributed by atoms with Crippen molar-refractivity contribution in [3.63, 3.8) is 0 Å². The van der Waals surface area contributed by atoms with Gasteiger partial charge in [0, 0.05) is 22.9 Å². The molecule has 0 saturated carbocycles. The molecule has 2 aromatic rings. The summed E-state index contributed by atoms with van der Waals surface area (Å²) < 4.78 is 12.1. The van der Waals surface area contributed by atoms with Crippen LogP contribution in [0.3, 0.4) is 0 Å². The SMILES string of the molecule is CCc1c(C2(C)CC(Cl)CCO2)oc2ccccc12. The van der Waals surface area contributed by atoms with Crippen LogP contribution in [0.2, 0.25) is 0 Å². The van der Waals surface area contributed by atoms with Crippen LogP contribution in [0.5, 0.6) is 0 Å². The smallest absolute Gasteiger partial charge is 0.140 e. The third-order valence-electron chi connectivity index (χ3n) is 3.99. The van der Waals surface area contributed by atoms with Crippen LogP contribution < -0.4 is 0 Å². The summed E-state index contributed by atoms with van der Waals surface area (Å²) >= 11 is 6.32. The normalized spacial score (nSPS) is 27.8. The van der Waals surface area contributed by atoms with Crippen molar-refractivity contribution in [2.75, 3.05) is 6.61 Å². The Morgan fingerprint density at radius 2 is 2.16 bits per heavy atom. The second-order valence-electron chi connectivity index (χ2n) is 5.43. The minimum Gasteiger partial charge on any atom is -0.458 e. The van der Waals surface area contributed by atoms with Crippen molar-refractivity contribution < 1.29 is 9.15 Å². The number of hydrogen-bond donors (Lipinski definition) is 0. The molecule has 3 rings (SSSR count). The van der Waals surface area contributed by atoms with Crippen LogP contribution in [0.1, 0.15) is 38.0 Å². The summed E-state index contributed by atoms with van der Waals surface area (Å²) in [7, 11) is 0. The topological polar surface area (TPSA) is 22.4 Å². The minimum absolute atomic E-state index is 0.164. The fourth-order valence-corrected chi connectivity index (χ4v) is 3.41. The summed E-state index contributed by atoms with van der Waals surface area (Å²) in [6, 6.07) is 8.19. The lowest BCUT2D eigenvalue weighted by atomic mass is 9.89. The van der Waals surface area contributed by atoms with Crippen molar-refractivity contribution in [1.82, 2.24) is 0 Å². The van der Waals surface area contributed by atoms with Crippen LogP contribution in [0, 0.1) is 0 Å². The molecule has 2 unspecified atom stereocenters. The summed E-state index contributed by atoms with van der Waals surface area (Å²) in [5.74, 6) is 0.960. The Morgan fingerprint density at radius 1 is 1.37 bits per heavy atom. The second-order valence-corrected chi connectivity index (χ2v) is 6.05. The van der Waals surface area contributed by atoms with Crippen LogP contribution in [-0.2, 0) is 16.8 Å². The maximum absolute atomic E-state index is 6.32. The Morgan fingerprint density at radius 3 is 2.89 bits per heavy atom. The Hall–Kier alpha value is -0.990. The van der Waals surface area contributed by atoms with Gasteiger partial charge in [-0.25, -0.2) is 0 Å². The number of rotatable bonds is 2. The van der Waals surface area contributed by atoms with Gasteiger partial charge in [0.1, 0.15) is 16.9 Å². The number of fused-ring (bicyclic) bond motifs is 1. The lowest BCUT2D eigenvalue weighted by Crippen LogP contribution is -2.35. The molecule has 1 aliphatic rings. The molecule has 1 aromatic heterocycles. The highest BCUT2D eigenvalue weighted by molar-refractivity contribution is 6.20. The second kappa shape index (κ2) is 4.84. The van der Waals surface area contributed by atoms with Gasteiger partial charge in [0.25, 0.3) is 0 Å². The number of hydrogen-bond acceptors (Lipinski definition) is 2. The number of para-hydroxylation sites is 1. The highest BCUT2D eigenvalue weighted by atomic mass is 35.5. The Labute approximate surface area is 118 Å². The molecule has 2 nitrogen and oxygen atoms in total. The largest absolute Gasteiger partial charge is 0.458 e. The average molecular weight is 279 g/mol. The third kappa shape index (κ3) is 2.17. The van der Waals surface area contributed by atoms with Gasteiger partial charge in [-0.1, -0.05) is 25.1 Å². The van der Waals surface area contributed by atoms with E-state index in [9.17, 15) is 0 Å². The summed E-state index contributed by atoms with van der Waals surface area (Å²) in [4.78, 5) is 0. The van der Waals surface area contributed by atoms with E-state index in [1.165, 1.54) is 10.9 Å². The number of ether oxygens (including phenoxy) is 1. The fraction of sp³-hybridized carbons (Fsp3) is 0.500. The molecule has 3 heteroatoms. The maximum atomic E-state index is 6.32. The molecule has 1 fully saturated rings. The molecule has 1 aliphatic heterocycles. The van der Waals surface area contributed by atoms with Crippen molar-refractivity contribution in [1.29, 1.82) is 0 Å². The molecule has 0 aliphatic carbocycles. The van der Waals surface area contributed by atoms with E-state index < -0.39 is 5.60 Å². The zero-order chi connectivity index (χ0) is 13.5. The van der Waals surface area contributed by atoms with Gasteiger partial charge in [-0.05, 0) is 32.3 Å². The van der Waals surface area contributed by atoms with Crippen molar-refractivity contribution in [3.05, 3.63) is 35.6 Å². The number of halogens is 1. The molecular formula is C16H19ClO2. The van der Waals surface area contributed by atoms with Gasteiger partial charge in [0.05, 0.1) is 0 Å². The minimum atomic E-state index is -0.394. The summed E-state index contributed by atoms with van der Waals surface area (Å²) in [6.07, 6.45) is 2.67. The molecule has 0 radical (unpaired) electrons. The van der Waals surface area contributed by atoms with E-state index in [-0.39, 0.29) is 5.38 Å². The van der Waals surface area contributed by atoms with Gasteiger partial charge >= 0.3 is 0 Å². The predicted octanol–water partition coefficient (Wildman–Crippen LogP) is 4.63. The Kier molecular flexibility index (Phi) is 3.32. The van der Waals surface area contributed by atoms with Gasteiger partial charge < -0.3 is 9.15 Å². The van der Waals surface area contributed by atoms with Gasteiger partial charge in [-0.15, -0.1) is 11.6 Å². The first kappa shape index (κ1) is 13.0. The van der Waals surface area contributed by atoms with Gasteiger partial charge in [-0.2, -0.15) is 0 Å². The molecule has 102 valence electrons. The van der Waals surface area contributed by atoms with E-state index in [0.717, 1.165) is 30.6 Å². The molecule has 2 heterocycles. The highest BCUT2D eigenvalue weighted by Crippen LogP contribution is 2.42. The zero-order valence-corrected chi connectivity index (χ0v) is 12.2. The van der Waals surface area contributed by atoms with Crippen molar-refractivity contribution in [2.24, 2.45) is 0 Å². The highest BCUT2D eigenvalue weighted by Gasteiger charge is 2.39. The molecule has 19 heavy (non-hydrogen) atoms. The first-order chi connectivity index (χ1) is 9.14. The predicted molar refractivity (Wildman–Crippen MR) is 77.8 cm³/mol. The van der Waals surface area contributed by atoms with Gasteiger partial charge in [0.2, 0.25) is 0 Å². The van der Waals surface area contributed by atoms with E-state index in [2.05, 4.69) is 26.0 Å². The first-order valence-corrected chi connectivity index (χ1v) is 7.36. The summed E-state index contributed by atoms with van der Waals surface area (Å²) in [5.41, 5.74) is 1.80. The van der Waals surface area contributed by atoms with Crippen LogP contribution >= 0.6 is 11.6 Å². The summed E-state index contributed by atoms with van der Waals surface area (Å²) in [6.45, 7) is 4.95. The zero-order valence-electron chi connectivity index (χ0n) is 11.4. The Balaban J connectivity index is 2.13. The van der Waals surface area contributed by atoms with E-state index in [1.807, 2.05) is 12.1 Å². The van der Waals surface area contributed by atoms with Gasteiger partial charge in [0.15, 0.2) is 0 Å². The first-order valence-electron chi connectivity index (χ1n) is 6.93. The molecule has 0 amide bonds. The summed E-state index contributed by atoms with van der Waals surface area (Å²) in [5, 5.41) is 1.36. The lowest BCUT2D eigenvalue weighted by molar-refractivity contribution is -0.0813. The number of benzene rings is 1. The van der Waals surface area contributed by atoms with E-state index >= 15 is 0 Å². The fourth-order valence-electron chi connectivity index (χ4n) is 3.03. The molecule has 0 N–H and O–H groups in total. The molecule has 0 bridgehead atoms. The van der Waals surface area contributed by atoms with Crippen molar-refractivity contribution in [3.8, 4) is 0 Å². The van der Waals surface area contributed by atoms with E-state index in [1.54, 1.807) is 0 Å². The lowest BCUT2D eigenvalue weighted by Gasteiger charge is -2.35. The van der Waals surface area contributed by atoms with Crippen molar-refractivity contribution in [2.45, 2.75) is 44.1 Å². The van der Waals surface area contributed by atoms with Crippen LogP contribution in [0.25, 0.3) is 11.0 Å². The Bertz CT molecular complexity index is 589. The maximum Gasteiger partial charge on any atom is 0.140 e. The molecular weight excluding hydrogens is 260 g/mol. The quantitative estimate of drug-likeness (QED) is 0.748. The molecule has 1 saturated heterocycles. The van der Waals surface area contributed by atoms with E-state index in [0.29, 0.717) is 6.61 Å². The van der Waals surface area contributed by atoms with Crippen molar-refractivity contribution >= 4 is 22.6 Å². The van der Waals surface area contributed by atoms with Crippen LogP contribution in [-0.4, -0.2) is 12.0 Å². The number of aryl methyl sites for hydroxylation is 1. The third-order valence-corrected chi connectivity index (χ3v) is 4.37. The standard InChI is InChI=1S/C16H19ClO2/c1-3-12-13-6-4-5-7-14(13)19-15(12)16(2)10-11(17)8-9-18-16/h4-7,11H,3,8-10H2,1-2H3. The molecule has 0 spiro atoms. The monoisotopic (exact) mass is 278 g/mol. The van der Waals surface area contributed by atoms with Crippen LogP contribution in [0.15, 0.2) is 28.7 Å². The number of alkyl halides is 1. The number of furan rings is 1. The van der Waals surface area contributed by atoms with Gasteiger partial charge in [-0.3, -0.25) is 0 Å². The average Bonchev–Trinajstić information content (AvgIpc) is 2.77. The van der Waals surface area contributed by atoms with E-state index in [4.69, 9.17) is 20.8 Å². The van der Waals surface area contributed by atoms with Crippen LogP contribution in [0.4, 0.5) is 0 Å². The molecule has 2 atom stereocenters.